The van der Waals surface area contributed by atoms with Crippen molar-refractivity contribution in [2.24, 2.45) is 0 Å². The number of para-hydroxylation sites is 1. The van der Waals surface area contributed by atoms with Gasteiger partial charge >= 0.3 is 0 Å². The molecule has 0 amide bonds. The monoisotopic (exact) mass is 273 g/mol. The Balaban J connectivity index is 1.73. The molecule has 2 aromatic rings. The highest BCUT2D eigenvalue weighted by Gasteiger charge is 2.03. The van der Waals surface area contributed by atoms with Crippen LogP contribution in [0.4, 0.5) is 0 Å². The molecule has 0 aliphatic heterocycles. The summed E-state index contributed by atoms with van der Waals surface area (Å²) in [5.74, 6) is 2.59. The molecule has 0 radical (unpaired) electrons. The third kappa shape index (κ3) is 3.80. The normalized spacial score (nSPS) is 10.1. The number of rotatable bonds is 6. The van der Waals surface area contributed by atoms with Crippen LogP contribution in [0.2, 0.25) is 0 Å². The van der Waals surface area contributed by atoms with Crippen LogP contribution < -0.4 is 4.74 Å². The zero-order chi connectivity index (χ0) is 13.5. The highest BCUT2D eigenvalue weighted by Crippen LogP contribution is 2.24. The fourth-order valence-electron chi connectivity index (χ4n) is 1.63. The summed E-state index contributed by atoms with van der Waals surface area (Å²) in [5.41, 5.74) is 0.584. The summed E-state index contributed by atoms with van der Waals surface area (Å²) in [6.45, 7) is 2.57. The van der Waals surface area contributed by atoms with E-state index in [9.17, 15) is 0 Å². The molecule has 98 valence electrons. The van der Waals surface area contributed by atoms with Gasteiger partial charge in [-0.2, -0.15) is 5.26 Å². The van der Waals surface area contributed by atoms with Gasteiger partial charge in [0.15, 0.2) is 0 Å². The molecular weight excluding hydrogens is 258 g/mol. The quantitative estimate of drug-likeness (QED) is 0.589. The van der Waals surface area contributed by atoms with Crippen molar-refractivity contribution in [2.75, 3.05) is 12.4 Å². The van der Waals surface area contributed by atoms with Crippen LogP contribution >= 0.6 is 11.8 Å². The Labute approximate surface area is 117 Å². The van der Waals surface area contributed by atoms with E-state index in [-0.39, 0.29) is 0 Å². The number of ether oxygens (including phenoxy) is 1. The molecule has 0 saturated heterocycles. The van der Waals surface area contributed by atoms with Crippen LogP contribution in [-0.2, 0) is 0 Å². The van der Waals surface area contributed by atoms with Gasteiger partial charge in [-0.15, -0.1) is 11.8 Å². The lowest BCUT2D eigenvalue weighted by Crippen LogP contribution is -2.00. The zero-order valence-electron chi connectivity index (χ0n) is 10.8. The molecule has 0 aliphatic carbocycles. The number of hydrogen-bond acceptors (Lipinski definition) is 4. The van der Waals surface area contributed by atoms with Crippen LogP contribution in [0.1, 0.15) is 17.7 Å². The van der Waals surface area contributed by atoms with Gasteiger partial charge in [0.05, 0.1) is 18.4 Å². The minimum atomic E-state index is 0.584. The molecule has 1 aromatic carbocycles. The molecule has 0 saturated carbocycles. The van der Waals surface area contributed by atoms with E-state index in [1.54, 1.807) is 24.1 Å². The number of benzene rings is 1. The Morgan fingerprint density at radius 2 is 2.16 bits per heavy atom. The summed E-state index contributed by atoms with van der Waals surface area (Å²) in [4.78, 5) is 1.18. The van der Waals surface area contributed by atoms with E-state index in [4.69, 9.17) is 14.4 Å². The van der Waals surface area contributed by atoms with Crippen LogP contribution in [0.25, 0.3) is 0 Å². The summed E-state index contributed by atoms with van der Waals surface area (Å²) in [6.07, 6.45) is 2.63. The predicted octanol–water partition coefficient (Wildman–Crippen LogP) is 4.02. The van der Waals surface area contributed by atoms with Crippen molar-refractivity contribution in [3.8, 4) is 11.8 Å². The molecule has 0 atom stereocenters. The van der Waals surface area contributed by atoms with Crippen molar-refractivity contribution >= 4 is 11.8 Å². The Morgan fingerprint density at radius 3 is 2.89 bits per heavy atom. The van der Waals surface area contributed by atoms with Gasteiger partial charge in [-0.1, -0.05) is 12.1 Å². The molecule has 0 bridgehead atoms. The standard InChI is InChI=1S/C15H15NO2S/c1-12-15(7-9-17-12)19-10-4-8-18-14-6-3-2-5-13(14)11-16/h2-3,5-7,9H,4,8,10H2,1H3. The van der Waals surface area contributed by atoms with E-state index in [2.05, 4.69) is 6.07 Å². The largest absolute Gasteiger partial charge is 0.492 e. The van der Waals surface area contributed by atoms with E-state index in [1.807, 2.05) is 31.2 Å². The second-order valence-electron chi connectivity index (χ2n) is 4.00. The fourth-order valence-corrected chi connectivity index (χ4v) is 2.52. The molecule has 0 aliphatic rings. The first-order valence-corrected chi connectivity index (χ1v) is 7.08. The molecule has 0 fully saturated rings. The average Bonchev–Trinajstić information content (AvgIpc) is 2.84. The minimum absolute atomic E-state index is 0.584. The lowest BCUT2D eigenvalue weighted by molar-refractivity contribution is 0.318. The molecule has 0 N–H and O–H groups in total. The molecule has 0 spiro atoms. The van der Waals surface area contributed by atoms with E-state index in [0.29, 0.717) is 17.9 Å². The Hall–Kier alpha value is -1.86. The lowest BCUT2D eigenvalue weighted by atomic mass is 10.2. The number of aryl methyl sites for hydroxylation is 1. The minimum Gasteiger partial charge on any atom is -0.492 e. The first-order valence-electron chi connectivity index (χ1n) is 6.10. The van der Waals surface area contributed by atoms with Crippen molar-refractivity contribution in [3.63, 3.8) is 0 Å². The zero-order valence-corrected chi connectivity index (χ0v) is 11.6. The SMILES string of the molecule is Cc1occc1SCCCOc1ccccc1C#N. The number of hydrogen-bond donors (Lipinski definition) is 0. The molecule has 3 nitrogen and oxygen atoms in total. The second-order valence-corrected chi connectivity index (χ2v) is 5.14. The maximum absolute atomic E-state index is 8.93. The van der Waals surface area contributed by atoms with E-state index < -0.39 is 0 Å². The molecule has 0 unspecified atom stereocenters. The highest BCUT2D eigenvalue weighted by molar-refractivity contribution is 7.99. The summed E-state index contributed by atoms with van der Waals surface area (Å²) < 4.78 is 10.9. The van der Waals surface area contributed by atoms with Crippen LogP contribution in [0.3, 0.4) is 0 Å². The van der Waals surface area contributed by atoms with E-state index >= 15 is 0 Å². The smallest absolute Gasteiger partial charge is 0.137 e. The van der Waals surface area contributed by atoms with Crippen molar-refractivity contribution in [1.29, 1.82) is 5.26 Å². The van der Waals surface area contributed by atoms with Crippen molar-refractivity contribution in [2.45, 2.75) is 18.2 Å². The summed E-state index contributed by atoms with van der Waals surface area (Å²) in [7, 11) is 0. The number of furan rings is 1. The summed E-state index contributed by atoms with van der Waals surface area (Å²) in [5, 5.41) is 8.93. The van der Waals surface area contributed by atoms with Crippen molar-refractivity contribution in [1.82, 2.24) is 0 Å². The first kappa shape index (κ1) is 13.6. The summed E-state index contributed by atoms with van der Waals surface area (Å²) in [6, 6.07) is 11.4. The van der Waals surface area contributed by atoms with Crippen LogP contribution in [0, 0.1) is 18.3 Å². The van der Waals surface area contributed by atoms with Gasteiger partial charge < -0.3 is 9.15 Å². The Bertz CT molecular complexity index is 572. The van der Waals surface area contributed by atoms with Crippen LogP contribution in [0.15, 0.2) is 45.9 Å². The molecule has 4 heteroatoms. The molecular formula is C15H15NO2S. The number of thioether (sulfide) groups is 1. The van der Waals surface area contributed by atoms with Gasteiger partial charge in [0.2, 0.25) is 0 Å². The van der Waals surface area contributed by atoms with Gasteiger partial charge in [0.1, 0.15) is 17.6 Å². The first-order chi connectivity index (χ1) is 9.31. The predicted molar refractivity (Wildman–Crippen MR) is 75.4 cm³/mol. The lowest BCUT2D eigenvalue weighted by Gasteiger charge is -2.07. The highest BCUT2D eigenvalue weighted by atomic mass is 32.2. The van der Waals surface area contributed by atoms with Gasteiger partial charge in [-0.05, 0) is 31.5 Å². The number of nitriles is 1. The van der Waals surface area contributed by atoms with Crippen molar-refractivity contribution < 1.29 is 9.15 Å². The fraction of sp³-hybridized carbons (Fsp3) is 0.267. The average molecular weight is 273 g/mol. The van der Waals surface area contributed by atoms with Crippen LogP contribution in [-0.4, -0.2) is 12.4 Å². The van der Waals surface area contributed by atoms with Gasteiger partial charge in [0.25, 0.3) is 0 Å². The van der Waals surface area contributed by atoms with Gasteiger partial charge in [0, 0.05) is 10.6 Å². The molecule has 1 aromatic heterocycles. The van der Waals surface area contributed by atoms with Crippen LogP contribution in [0.5, 0.6) is 5.75 Å². The maximum atomic E-state index is 8.93. The molecule has 1 heterocycles. The molecule has 2 rings (SSSR count). The van der Waals surface area contributed by atoms with E-state index in [0.717, 1.165) is 17.9 Å². The Kier molecular flexibility index (Phi) is 4.93. The third-order valence-corrected chi connectivity index (χ3v) is 3.85. The third-order valence-electron chi connectivity index (χ3n) is 2.62. The number of nitrogens with zero attached hydrogens (tertiary/aromatic N) is 1. The maximum Gasteiger partial charge on any atom is 0.137 e. The second kappa shape index (κ2) is 6.91. The van der Waals surface area contributed by atoms with E-state index in [1.165, 1.54) is 4.90 Å². The van der Waals surface area contributed by atoms with Gasteiger partial charge in [-0.3, -0.25) is 0 Å². The Morgan fingerprint density at radius 1 is 1.32 bits per heavy atom. The summed E-state index contributed by atoms with van der Waals surface area (Å²) >= 11 is 1.76. The molecule has 19 heavy (non-hydrogen) atoms. The topological polar surface area (TPSA) is 46.2 Å². The van der Waals surface area contributed by atoms with Crippen molar-refractivity contribution in [3.05, 3.63) is 47.9 Å². The van der Waals surface area contributed by atoms with Gasteiger partial charge in [-0.25, -0.2) is 0 Å².